The molecule has 1 fully saturated rings. The Kier molecular flexibility index (Phi) is 4.93. The highest BCUT2D eigenvalue weighted by Crippen LogP contribution is 2.21. The number of nitrogens with zero attached hydrogens (tertiary/aromatic N) is 6. The van der Waals surface area contributed by atoms with Crippen molar-refractivity contribution in [3.8, 4) is 11.4 Å². The Morgan fingerprint density at radius 1 is 0.969 bits per heavy atom. The molecule has 3 heterocycles. The minimum atomic E-state index is -0.471. The molecule has 1 saturated heterocycles. The third-order valence-electron chi connectivity index (χ3n) is 5.75. The Morgan fingerprint density at radius 2 is 1.66 bits per heavy atom. The largest absolute Gasteiger partial charge is 0.366 e. The van der Waals surface area contributed by atoms with E-state index in [-0.39, 0.29) is 5.82 Å². The number of aromatic nitrogens is 4. The van der Waals surface area contributed by atoms with Crippen molar-refractivity contribution in [1.29, 1.82) is 0 Å². The van der Waals surface area contributed by atoms with E-state index in [0.29, 0.717) is 48.9 Å². The summed E-state index contributed by atoms with van der Waals surface area (Å²) >= 11 is 0. The highest BCUT2D eigenvalue weighted by molar-refractivity contribution is 5.88. The van der Waals surface area contributed by atoms with E-state index in [2.05, 4.69) is 9.97 Å². The van der Waals surface area contributed by atoms with Gasteiger partial charge in [0.05, 0.1) is 11.9 Å². The van der Waals surface area contributed by atoms with Gasteiger partial charge in [0, 0.05) is 38.8 Å². The standard InChI is InChI=1S/C23H21FN6O2/c1-27-21-19(15-25-20(26-21)16-7-3-2-4-8-16)30(22(27)31)23(32)29-13-11-28(12-14-29)18-10-6-5-9-17(18)24/h2-10,15H,11-14H2,1H3. The Morgan fingerprint density at radius 3 is 2.38 bits per heavy atom. The van der Waals surface area contributed by atoms with Gasteiger partial charge in [-0.2, -0.15) is 0 Å². The molecule has 2 aromatic carbocycles. The lowest BCUT2D eigenvalue weighted by Crippen LogP contribution is -2.51. The first kappa shape index (κ1) is 19.9. The summed E-state index contributed by atoms with van der Waals surface area (Å²) in [6.07, 6.45) is 1.51. The predicted molar refractivity (Wildman–Crippen MR) is 119 cm³/mol. The number of benzene rings is 2. The van der Waals surface area contributed by atoms with Gasteiger partial charge in [-0.05, 0) is 12.1 Å². The van der Waals surface area contributed by atoms with Crippen LogP contribution in [-0.4, -0.2) is 56.2 Å². The van der Waals surface area contributed by atoms with Crippen LogP contribution in [0.1, 0.15) is 0 Å². The second-order valence-electron chi connectivity index (χ2n) is 7.65. The van der Waals surface area contributed by atoms with Crippen LogP contribution < -0.4 is 10.6 Å². The quantitative estimate of drug-likeness (QED) is 0.487. The molecule has 32 heavy (non-hydrogen) atoms. The molecule has 9 heteroatoms. The van der Waals surface area contributed by atoms with Gasteiger partial charge in [-0.3, -0.25) is 4.57 Å². The number of aryl methyl sites for hydroxylation is 1. The average Bonchev–Trinajstić information content (AvgIpc) is 3.09. The van der Waals surface area contributed by atoms with Crippen molar-refractivity contribution < 1.29 is 9.18 Å². The summed E-state index contributed by atoms with van der Waals surface area (Å²) in [5, 5.41) is 0. The average molecular weight is 432 g/mol. The molecule has 0 radical (unpaired) electrons. The number of carbonyl (C=O) groups excluding carboxylic acids is 1. The van der Waals surface area contributed by atoms with Crippen LogP contribution in [0, 0.1) is 5.82 Å². The zero-order chi connectivity index (χ0) is 22.2. The summed E-state index contributed by atoms with van der Waals surface area (Å²) in [6.45, 7) is 1.69. The van der Waals surface area contributed by atoms with E-state index in [9.17, 15) is 14.0 Å². The topological polar surface area (TPSA) is 76.3 Å². The van der Waals surface area contributed by atoms with Crippen LogP contribution >= 0.6 is 0 Å². The number of hydrogen-bond donors (Lipinski definition) is 0. The summed E-state index contributed by atoms with van der Waals surface area (Å²) in [5.41, 5.74) is 1.62. The molecule has 1 amide bonds. The van der Waals surface area contributed by atoms with Crippen molar-refractivity contribution in [2.45, 2.75) is 0 Å². The Balaban J connectivity index is 1.42. The number of carbonyl (C=O) groups is 1. The molecular formula is C23H21FN6O2. The first-order chi connectivity index (χ1) is 15.5. The third-order valence-corrected chi connectivity index (χ3v) is 5.75. The van der Waals surface area contributed by atoms with Gasteiger partial charge in [-0.15, -0.1) is 0 Å². The molecule has 0 bridgehead atoms. The summed E-state index contributed by atoms with van der Waals surface area (Å²) in [4.78, 5) is 38.5. The van der Waals surface area contributed by atoms with Gasteiger partial charge in [0.25, 0.3) is 0 Å². The van der Waals surface area contributed by atoms with Crippen molar-refractivity contribution in [2.24, 2.45) is 7.05 Å². The first-order valence-electron chi connectivity index (χ1n) is 10.3. The lowest BCUT2D eigenvalue weighted by Gasteiger charge is -2.36. The number of anilines is 1. The number of amides is 1. The fourth-order valence-electron chi connectivity index (χ4n) is 4.01. The monoisotopic (exact) mass is 432 g/mol. The Labute approximate surface area is 183 Å². The molecule has 0 atom stereocenters. The van der Waals surface area contributed by atoms with Gasteiger partial charge in [0.1, 0.15) is 11.3 Å². The van der Waals surface area contributed by atoms with Gasteiger partial charge in [0.15, 0.2) is 11.5 Å². The second kappa shape index (κ2) is 7.92. The van der Waals surface area contributed by atoms with E-state index in [1.807, 2.05) is 35.2 Å². The van der Waals surface area contributed by atoms with Crippen molar-refractivity contribution in [2.75, 3.05) is 31.1 Å². The van der Waals surface area contributed by atoms with E-state index in [0.717, 1.165) is 10.1 Å². The molecule has 8 nitrogen and oxygen atoms in total. The number of rotatable bonds is 2. The molecule has 4 aromatic rings. The maximum Gasteiger partial charge on any atom is 0.338 e. The minimum absolute atomic E-state index is 0.288. The fourth-order valence-corrected chi connectivity index (χ4v) is 4.01. The minimum Gasteiger partial charge on any atom is -0.366 e. The molecular weight excluding hydrogens is 411 g/mol. The molecule has 0 aliphatic carbocycles. The van der Waals surface area contributed by atoms with Gasteiger partial charge in [-0.1, -0.05) is 42.5 Å². The number of halogens is 1. The van der Waals surface area contributed by atoms with Crippen LogP contribution in [0.25, 0.3) is 22.6 Å². The molecule has 162 valence electrons. The number of fused-ring (bicyclic) bond motifs is 1. The van der Waals surface area contributed by atoms with Crippen LogP contribution in [0.2, 0.25) is 0 Å². The molecule has 1 aliphatic heterocycles. The summed E-state index contributed by atoms with van der Waals surface area (Å²) in [7, 11) is 1.59. The number of hydrogen-bond acceptors (Lipinski definition) is 5. The number of para-hydroxylation sites is 1. The normalized spacial score (nSPS) is 14.2. The number of imidazole rings is 1. The fraction of sp³-hybridized carbons (Fsp3) is 0.217. The molecule has 0 unspecified atom stereocenters. The maximum atomic E-state index is 14.1. The predicted octanol–water partition coefficient (Wildman–Crippen LogP) is 2.73. The SMILES string of the molecule is Cn1c(=O)n(C(=O)N2CCN(c3ccccc3F)CC2)c2cnc(-c3ccccc3)nc21. The van der Waals surface area contributed by atoms with Gasteiger partial charge < -0.3 is 9.80 Å². The van der Waals surface area contributed by atoms with E-state index < -0.39 is 11.7 Å². The van der Waals surface area contributed by atoms with Crippen LogP contribution in [-0.2, 0) is 7.05 Å². The van der Waals surface area contributed by atoms with E-state index >= 15 is 0 Å². The van der Waals surface area contributed by atoms with Crippen molar-refractivity contribution >= 4 is 22.9 Å². The van der Waals surface area contributed by atoms with Crippen molar-refractivity contribution in [1.82, 2.24) is 24.0 Å². The maximum absolute atomic E-state index is 14.1. The number of piperazine rings is 1. The zero-order valence-electron chi connectivity index (χ0n) is 17.5. The van der Waals surface area contributed by atoms with Gasteiger partial charge in [0.2, 0.25) is 0 Å². The highest BCUT2D eigenvalue weighted by Gasteiger charge is 2.27. The summed E-state index contributed by atoms with van der Waals surface area (Å²) in [5.74, 6) is 0.195. The van der Waals surface area contributed by atoms with Crippen LogP contribution in [0.3, 0.4) is 0 Å². The van der Waals surface area contributed by atoms with Crippen LogP contribution in [0.15, 0.2) is 65.6 Å². The smallest absolute Gasteiger partial charge is 0.338 e. The summed E-state index contributed by atoms with van der Waals surface area (Å²) in [6, 6.07) is 15.6. The molecule has 2 aromatic heterocycles. The highest BCUT2D eigenvalue weighted by atomic mass is 19.1. The Bertz CT molecular complexity index is 1360. The molecule has 0 saturated carbocycles. The second-order valence-corrected chi connectivity index (χ2v) is 7.65. The lowest BCUT2D eigenvalue weighted by atomic mass is 10.2. The lowest BCUT2D eigenvalue weighted by molar-refractivity contribution is 0.196. The molecule has 0 spiro atoms. The molecule has 1 aliphatic rings. The molecule has 5 rings (SSSR count). The van der Waals surface area contributed by atoms with Crippen molar-refractivity contribution in [3.05, 3.63) is 77.1 Å². The van der Waals surface area contributed by atoms with Crippen LogP contribution in [0.5, 0.6) is 0 Å². The molecule has 0 N–H and O–H groups in total. The zero-order valence-corrected chi connectivity index (χ0v) is 17.5. The van der Waals surface area contributed by atoms with Gasteiger partial charge >= 0.3 is 11.7 Å². The van der Waals surface area contributed by atoms with E-state index in [1.165, 1.54) is 16.8 Å². The van der Waals surface area contributed by atoms with Crippen LogP contribution in [0.4, 0.5) is 14.9 Å². The first-order valence-corrected chi connectivity index (χ1v) is 10.3. The third kappa shape index (κ3) is 3.31. The summed E-state index contributed by atoms with van der Waals surface area (Å²) < 4.78 is 16.6. The van der Waals surface area contributed by atoms with Crippen molar-refractivity contribution in [3.63, 3.8) is 0 Å². The van der Waals surface area contributed by atoms with Gasteiger partial charge in [-0.25, -0.2) is 28.5 Å². The van der Waals surface area contributed by atoms with E-state index in [4.69, 9.17) is 0 Å². The van der Waals surface area contributed by atoms with E-state index in [1.54, 1.807) is 30.1 Å². The Hall–Kier alpha value is -4.01.